The zero-order valence-electron chi connectivity index (χ0n) is 7.39. The number of furan rings is 1. The molecule has 0 aliphatic heterocycles. The van der Waals surface area contributed by atoms with Crippen molar-refractivity contribution in [1.29, 1.82) is 0 Å². The topological polar surface area (TPSA) is 30.2 Å². The Morgan fingerprint density at radius 2 is 2.33 bits per heavy atom. The van der Waals surface area contributed by atoms with Gasteiger partial charge in [-0.2, -0.15) is 0 Å². The van der Waals surface area contributed by atoms with Crippen molar-refractivity contribution in [2.75, 3.05) is 0 Å². The first-order chi connectivity index (χ1) is 5.59. The average Bonchev–Trinajstić information content (AvgIpc) is 2.34. The molecule has 2 nitrogen and oxygen atoms in total. The summed E-state index contributed by atoms with van der Waals surface area (Å²) in [4.78, 5) is 10.7. The second-order valence-corrected chi connectivity index (χ2v) is 2.93. The Bertz CT molecular complexity index is 307. The van der Waals surface area contributed by atoms with Crippen LogP contribution >= 0.6 is 0 Å². The van der Waals surface area contributed by atoms with Crippen LogP contribution in [0.4, 0.5) is 0 Å². The Labute approximate surface area is 71.9 Å². The summed E-state index contributed by atoms with van der Waals surface area (Å²) in [6.45, 7) is 7.22. The van der Waals surface area contributed by atoms with Crippen molar-refractivity contribution in [3.63, 3.8) is 0 Å². The highest BCUT2D eigenvalue weighted by atomic mass is 16.3. The lowest BCUT2D eigenvalue weighted by molar-refractivity contribution is -0.116. The van der Waals surface area contributed by atoms with Crippen molar-refractivity contribution < 1.29 is 9.21 Å². The van der Waals surface area contributed by atoms with Gasteiger partial charge >= 0.3 is 0 Å². The molecule has 0 saturated heterocycles. The van der Waals surface area contributed by atoms with Crippen molar-refractivity contribution in [1.82, 2.24) is 0 Å². The van der Waals surface area contributed by atoms with E-state index in [4.69, 9.17) is 4.42 Å². The van der Waals surface area contributed by atoms with Gasteiger partial charge in [-0.1, -0.05) is 6.58 Å². The van der Waals surface area contributed by atoms with Crippen LogP contribution < -0.4 is 0 Å². The van der Waals surface area contributed by atoms with Gasteiger partial charge in [0.1, 0.15) is 11.5 Å². The van der Waals surface area contributed by atoms with E-state index in [0.29, 0.717) is 6.42 Å². The third-order valence-electron chi connectivity index (χ3n) is 1.60. The number of ketones is 1. The smallest absolute Gasteiger partial charge is 0.134 e. The third-order valence-corrected chi connectivity index (χ3v) is 1.60. The predicted octanol–water partition coefficient (Wildman–Crippen LogP) is 2.58. The minimum absolute atomic E-state index is 0.124. The number of hydrogen-bond acceptors (Lipinski definition) is 2. The van der Waals surface area contributed by atoms with Crippen molar-refractivity contribution in [2.45, 2.75) is 20.3 Å². The van der Waals surface area contributed by atoms with Crippen molar-refractivity contribution in [3.05, 3.63) is 30.2 Å². The summed E-state index contributed by atoms with van der Waals surface area (Å²) in [5, 5.41) is 0. The molecule has 0 amide bonds. The fourth-order valence-corrected chi connectivity index (χ4v) is 1.03. The summed E-state index contributed by atoms with van der Waals surface area (Å²) >= 11 is 0. The molecule has 0 aliphatic carbocycles. The molecule has 1 rings (SSSR count). The molecular formula is C10H12O2. The lowest BCUT2D eigenvalue weighted by Gasteiger charge is -1.96. The molecule has 0 saturated carbocycles. The van der Waals surface area contributed by atoms with E-state index in [2.05, 4.69) is 6.58 Å². The fourth-order valence-electron chi connectivity index (χ4n) is 1.03. The molecule has 64 valence electrons. The second-order valence-electron chi connectivity index (χ2n) is 2.93. The van der Waals surface area contributed by atoms with E-state index in [-0.39, 0.29) is 5.78 Å². The average molecular weight is 164 g/mol. The predicted molar refractivity (Wildman–Crippen MR) is 47.8 cm³/mol. The van der Waals surface area contributed by atoms with Gasteiger partial charge in [0.25, 0.3) is 0 Å². The van der Waals surface area contributed by atoms with Crippen LogP contribution in [0.1, 0.15) is 24.7 Å². The molecule has 1 aromatic rings. The van der Waals surface area contributed by atoms with Crippen LogP contribution in [0.25, 0.3) is 5.57 Å². The zero-order valence-corrected chi connectivity index (χ0v) is 7.39. The molecule has 12 heavy (non-hydrogen) atoms. The van der Waals surface area contributed by atoms with E-state index in [0.717, 1.165) is 16.9 Å². The maximum absolute atomic E-state index is 10.7. The van der Waals surface area contributed by atoms with E-state index in [1.54, 1.807) is 13.2 Å². The Hall–Kier alpha value is -1.31. The fraction of sp³-hybridized carbons (Fsp3) is 0.300. The van der Waals surface area contributed by atoms with E-state index in [1.807, 2.05) is 13.0 Å². The van der Waals surface area contributed by atoms with Gasteiger partial charge in [0.2, 0.25) is 0 Å². The number of aryl methyl sites for hydroxylation is 1. The minimum atomic E-state index is 0.124. The molecule has 0 aliphatic rings. The van der Waals surface area contributed by atoms with Crippen LogP contribution in [0.15, 0.2) is 23.3 Å². The van der Waals surface area contributed by atoms with Crippen LogP contribution in [-0.4, -0.2) is 5.78 Å². The molecule has 0 unspecified atom stereocenters. The highest BCUT2D eigenvalue weighted by Crippen LogP contribution is 2.18. The van der Waals surface area contributed by atoms with Gasteiger partial charge in [-0.3, -0.25) is 4.79 Å². The summed E-state index contributed by atoms with van der Waals surface area (Å²) in [6.07, 6.45) is 2.03. The Morgan fingerprint density at radius 1 is 1.67 bits per heavy atom. The van der Waals surface area contributed by atoms with E-state index in [1.165, 1.54) is 0 Å². The van der Waals surface area contributed by atoms with Crippen LogP contribution in [0.5, 0.6) is 0 Å². The molecule has 0 N–H and O–H groups in total. The maximum Gasteiger partial charge on any atom is 0.134 e. The first-order valence-corrected chi connectivity index (χ1v) is 3.82. The van der Waals surface area contributed by atoms with Crippen LogP contribution in [0.3, 0.4) is 0 Å². The number of carbonyl (C=O) groups is 1. The summed E-state index contributed by atoms with van der Waals surface area (Å²) < 4.78 is 5.10. The molecule has 1 aromatic heterocycles. The lowest BCUT2D eigenvalue weighted by Crippen LogP contribution is -1.90. The van der Waals surface area contributed by atoms with Gasteiger partial charge in [0, 0.05) is 12.0 Å². The number of carbonyl (C=O) groups excluding carboxylic acids is 1. The van der Waals surface area contributed by atoms with Crippen molar-refractivity contribution in [3.8, 4) is 0 Å². The van der Waals surface area contributed by atoms with Gasteiger partial charge in [0.05, 0.1) is 6.26 Å². The molecule has 0 aromatic carbocycles. The molecule has 0 radical (unpaired) electrons. The van der Waals surface area contributed by atoms with E-state index < -0.39 is 0 Å². The van der Waals surface area contributed by atoms with Gasteiger partial charge in [-0.25, -0.2) is 0 Å². The van der Waals surface area contributed by atoms with Crippen LogP contribution in [0.2, 0.25) is 0 Å². The van der Waals surface area contributed by atoms with Crippen molar-refractivity contribution in [2.24, 2.45) is 0 Å². The molecule has 1 heterocycles. The van der Waals surface area contributed by atoms with Gasteiger partial charge in [0.15, 0.2) is 0 Å². The summed E-state index contributed by atoms with van der Waals surface area (Å²) in [7, 11) is 0. The third kappa shape index (κ3) is 2.09. The quantitative estimate of drug-likeness (QED) is 0.687. The van der Waals surface area contributed by atoms with Crippen LogP contribution in [-0.2, 0) is 4.79 Å². The van der Waals surface area contributed by atoms with Gasteiger partial charge in [-0.15, -0.1) is 0 Å². The first kappa shape index (κ1) is 8.78. The largest absolute Gasteiger partial charge is 0.469 e. The highest BCUT2D eigenvalue weighted by molar-refractivity contribution is 5.87. The molecule has 0 bridgehead atoms. The normalized spacial score (nSPS) is 9.83. The summed E-state index contributed by atoms with van der Waals surface area (Å²) in [6, 6.07) is 1.88. The molecule has 0 fully saturated rings. The molecule has 0 spiro atoms. The first-order valence-electron chi connectivity index (χ1n) is 3.82. The standard InChI is InChI=1S/C10H12O2/c1-7(4-8(2)11)10-5-9(3)12-6-10/h5-6H,1,4H2,2-3H3. The van der Waals surface area contributed by atoms with Gasteiger partial charge < -0.3 is 4.42 Å². The molecule has 2 heteroatoms. The SMILES string of the molecule is C=C(CC(C)=O)c1coc(C)c1. The Kier molecular flexibility index (Phi) is 2.48. The van der Waals surface area contributed by atoms with Gasteiger partial charge in [-0.05, 0) is 25.5 Å². The number of rotatable bonds is 3. The zero-order chi connectivity index (χ0) is 9.14. The lowest BCUT2D eigenvalue weighted by atomic mass is 10.1. The summed E-state index contributed by atoms with van der Waals surface area (Å²) in [5.74, 6) is 0.966. The van der Waals surface area contributed by atoms with Crippen molar-refractivity contribution >= 4 is 11.4 Å². The summed E-state index contributed by atoms with van der Waals surface area (Å²) in [5.41, 5.74) is 1.74. The monoisotopic (exact) mass is 164 g/mol. The number of hydrogen-bond donors (Lipinski definition) is 0. The van der Waals surface area contributed by atoms with E-state index in [9.17, 15) is 4.79 Å². The number of allylic oxidation sites excluding steroid dienone is 1. The minimum Gasteiger partial charge on any atom is -0.469 e. The highest BCUT2D eigenvalue weighted by Gasteiger charge is 2.04. The Morgan fingerprint density at radius 3 is 2.75 bits per heavy atom. The van der Waals surface area contributed by atoms with Crippen LogP contribution in [0, 0.1) is 6.92 Å². The van der Waals surface area contributed by atoms with E-state index >= 15 is 0 Å². The molecule has 0 atom stereocenters. The molecular weight excluding hydrogens is 152 g/mol. The number of Topliss-reactive ketones (excluding diaryl/α,β-unsaturated/α-hetero) is 1. The second kappa shape index (κ2) is 3.39. The maximum atomic E-state index is 10.7. The Balaban J connectivity index is 2.72.